The monoisotopic (exact) mass is 187 g/mol. The van der Waals surface area contributed by atoms with Crippen LogP contribution in [0.3, 0.4) is 0 Å². The topological polar surface area (TPSA) is 41.5 Å². The van der Waals surface area contributed by atoms with E-state index < -0.39 is 0 Å². The van der Waals surface area contributed by atoms with E-state index in [1.54, 1.807) is 0 Å². The van der Waals surface area contributed by atoms with Crippen molar-refractivity contribution in [2.45, 2.75) is 51.3 Å². The molecule has 3 heteroatoms. The maximum atomic E-state index is 9.51. The van der Waals surface area contributed by atoms with Gasteiger partial charge in [-0.2, -0.15) is 0 Å². The molecule has 0 saturated carbocycles. The van der Waals surface area contributed by atoms with Crippen LogP contribution in [0.4, 0.5) is 0 Å². The molecule has 1 aliphatic rings. The largest absolute Gasteiger partial charge is 0.389 e. The van der Waals surface area contributed by atoms with Crippen molar-refractivity contribution in [1.82, 2.24) is 5.32 Å². The lowest BCUT2D eigenvalue weighted by atomic mass is 10.1. The summed E-state index contributed by atoms with van der Waals surface area (Å²) in [4.78, 5) is 0. The third-order valence-electron chi connectivity index (χ3n) is 2.63. The summed E-state index contributed by atoms with van der Waals surface area (Å²) in [5, 5.41) is 13.0. The summed E-state index contributed by atoms with van der Waals surface area (Å²) >= 11 is 0. The number of hydrogen-bond donors (Lipinski definition) is 2. The molecule has 0 aromatic rings. The molecule has 1 fully saturated rings. The standard InChI is InChI=1S/C10H21NO2/c1-3-5-8(4-2)11-9-6-13-7-10(9)12/h8-12H,3-7H2,1-2H3. The van der Waals surface area contributed by atoms with E-state index in [0.29, 0.717) is 19.3 Å². The molecule has 0 spiro atoms. The van der Waals surface area contributed by atoms with E-state index in [1.165, 1.54) is 12.8 Å². The van der Waals surface area contributed by atoms with Crippen LogP contribution in [0.15, 0.2) is 0 Å². The molecule has 1 saturated heterocycles. The van der Waals surface area contributed by atoms with Crippen LogP contribution in [0.5, 0.6) is 0 Å². The highest BCUT2D eigenvalue weighted by molar-refractivity contribution is 4.83. The highest BCUT2D eigenvalue weighted by Gasteiger charge is 2.27. The Balaban J connectivity index is 2.27. The highest BCUT2D eigenvalue weighted by atomic mass is 16.5. The first-order valence-electron chi connectivity index (χ1n) is 5.29. The van der Waals surface area contributed by atoms with Crippen molar-refractivity contribution >= 4 is 0 Å². The van der Waals surface area contributed by atoms with Gasteiger partial charge in [-0.1, -0.05) is 20.3 Å². The van der Waals surface area contributed by atoms with Crippen LogP contribution >= 0.6 is 0 Å². The number of hydrogen-bond acceptors (Lipinski definition) is 3. The zero-order valence-electron chi connectivity index (χ0n) is 8.62. The van der Waals surface area contributed by atoms with Crippen LogP contribution in [0.1, 0.15) is 33.1 Å². The van der Waals surface area contributed by atoms with E-state index in [-0.39, 0.29) is 12.1 Å². The Labute approximate surface area is 80.5 Å². The molecule has 0 radical (unpaired) electrons. The Morgan fingerprint density at radius 2 is 2.23 bits per heavy atom. The van der Waals surface area contributed by atoms with Crippen LogP contribution in [-0.2, 0) is 4.74 Å². The van der Waals surface area contributed by atoms with E-state index in [4.69, 9.17) is 4.74 Å². The van der Waals surface area contributed by atoms with E-state index in [1.807, 2.05) is 0 Å². The average Bonchev–Trinajstić information content (AvgIpc) is 2.51. The first-order chi connectivity index (χ1) is 6.27. The SMILES string of the molecule is CCCC(CC)NC1COCC1O. The number of rotatable bonds is 5. The zero-order chi connectivity index (χ0) is 9.68. The number of aliphatic hydroxyl groups excluding tert-OH is 1. The molecule has 13 heavy (non-hydrogen) atoms. The minimum Gasteiger partial charge on any atom is -0.389 e. The fraction of sp³-hybridized carbons (Fsp3) is 1.00. The molecule has 3 atom stereocenters. The Hall–Kier alpha value is -0.120. The third kappa shape index (κ3) is 3.25. The normalized spacial score (nSPS) is 30.7. The van der Waals surface area contributed by atoms with Crippen molar-refractivity contribution in [2.24, 2.45) is 0 Å². The maximum Gasteiger partial charge on any atom is 0.0948 e. The van der Waals surface area contributed by atoms with Crippen LogP contribution in [-0.4, -0.2) is 36.5 Å². The Kier molecular flexibility index (Phi) is 4.70. The summed E-state index contributed by atoms with van der Waals surface area (Å²) in [6, 6.07) is 0.683. The van der Waals surface area contributed by atoms with Crippen LogP contribution in [0, 0.1) is 0 Å². The molecule has 3 unspecified atom stereocenters. The second-order valence-corrected chi connectivity index (χ2v) is 3.77. The minimum absolute atomic E-state index is 0.150. The molecule has 0 bridgehead atoms. The van der Waals surface area contributed by atoms with E-state index >= 15 is 0 Å². The van der Waals surface area contributed by atoms with Crippen LogP contribution < -0.4 is 5.32 Å². The fourth-order valence-electron chi connectivity index (χ4n) is 1.76. The molecule has 1 heterocycles. The van der Waals surface area contributed by atoms with Gasteiger partial charge in [-0.3, -0.25) is 0 Å². The zero-order valence-corrected chi connectivity index (χ0v) is 8.62. The van der Waals surface area contributed by atoms with Gasteiger partial charge in [0.2, 0.25) is 0 Å². The van der Waals surface area contributed by atoms with Crippen LogP contribution in [0.2, 0.25) is 0 Å². The molecule has 2 N–H and O–H groups in total. The summed E-state index contributed by atoms with van der Waals surface area (Å²) in [6.45, 7) is 5.50. The van der Waals surface area contributed by atoms with Gasteiger partial charge in [0, 0.05) is 6.04 Å². The Morgan fingerprint density at radius 3 is 2.69 bits per heavy atom. The second-order valence-electron chi connectivity index (χ2n) is 3.77. The van der Waals surface area contributed by atoms with Gasteiger partial charge in [-0.05, 0) is 12.8 Å². The lowest BCUT2D eigenvalue weighted by molar-refractivity contribution is 0.121. The van der Waals surface area contributed by atoms with Gasteiger partial charge >= 0.3 is 0 Å². The van der Waals surface area contributed by atoms with Gasteiger partial charge in [0.05, 0.1) is 25.4 Å². The summed E-state index contributed by atoms with van der Waals surface area (Å²) in [7, 11) is 0. The minimum atomic E-state index is -0.314. The van der Waals surface area contributed by atoms with E-state index in [2.05, 4.69) is 19.2 Å². The van der Waals surface area contributed by atoms with Crippen molar-refractivity contribution in [3.05, 3.63) is 0 Å². The molecule has 1 rings (SSSR count). The van der Waals surface area contributed by atoms with Crippen LogP contribution in [0.25, 0.3) is 0 Å². The Morgan fingerprint density at radius 1 is 1.46 bits per heavy atom. The van der Waals surface area contributed by atoms with Gasteiger partial charge in [-0.15, -0.1) is 0 Å². The molecular weight excluding hydrogens is 166 g/mol. The third-order valence-corrected chi connectivity index (χ3v) is 2.63. The summed E-state index contributed by atoms with van der Waals surface area (Å²) < 4.78 is 5.18. The summed E-state index contributed by atoms with van der Waals surface area (Å²) in [6.07, 6.45) is 3.18. The molecule has 78 valence electrons. The van der Waals surface area contributed by atoms with Gasteiger partial charge < -0.3 is 15.2 Å². The van der Waals surface area contributed by atoms with E-state index in [0.717, 1.165) is 6.42 Å². The smallest absolute Gasteiger partial charge is 0.0948 e. The molecule has 3 nitrogen and oxygen atoms in total. The lowest BCUT2D eigenvalue weighted by Gasteiger charge is -2.22. The number of nitrogens with one attached hydrogen (secondary N) is 1. The van der Waals surface area contributed by atoms with E-state index in [9.17, 15) is 5.11 Å². The lowest BCUT2D eigenvalue weighted by Crippen LogP contribution is -2.44. The van der Waals surface area contributed by atoms with Gasteiger partial charge in [0.25, 0.3) is 0 Å². The molecule has 0 amide bonds. The van der Waals surface area contributed by atoms with Crippen molar-refractivity contribution < 1.29 is 9.84 Å². The van der Waals surface area contributed by atoms with Gasteiger partial charge in [0.15, 0.2) is 0 Å². The van der Waals surface area contributed by atoms with Crippen molar-refractivity contribution in [1.29, 1.82) is 0 Å². The predicted molar refractivity (Wildman–Crippen MR) is 52.7 cm³/mol. The predicted octanol–water partition coefficient (Wildman–Crippen LogP) is 0.914. The fourth-order valence-corrected chi connectivity index (χ4v) is 1.76. The van der Waals surface area contributed by atoms with Crippen molar-refractivity contribution in [3.63, 3.8) is 0 Å². The maximum absolute atomic E-state index is 9.51. The first kappa shape index (κ1) is 11.0. The average molecular weight is 187 g/mol. The molecule has 0 aliphatic carbocycles. The molecule has 1 aliphatic heterocycles. The summed E-state index contributed by atoms with van der Waals surface area (Å²) in [5.74, 6) is 0. The van der Waals surface area contributed by atoms with Gasteiger partial charge in [-0.25, -0.2) is 0 Å². The number of ether oxygens (including phenoxy) is 1. The second kappa shape index (κ2) is 5.58. The molecule has 0 aromatic heterocycles. The highest BCUT2D eigenvalue weighted by Crippen LogP contribution is 2.09. The number of aliphatic hydroxyl groups is 1. The first-order valence-corrected chi connectivity index (χ1v) is 5.29. The van der Waals surface area contributed by atoms with Crippen molar-refractivity contribution in [3.8, 4) is 0 Å². The van der Waals surface area contributed by atoms with Crippen molar-refractivity contribution in [2.75, 3.05) is 13.2 Å². The van der Waals surface area contributed by atoms with Gasteiger partial charge in [0.1, 0.15) is 0 Å². The molecular formula is C10H21NO2. The summed E-state index contributed by atoms with van der Waals surface area (Å²) in [5.41, 5.74) is 0. The quantitative estimate of drug-likeness (QED) is 0.672. The molecule has 0 aromatic carbocycles. The Bertz CT molecular complexity index is 141.